The van der Waals surface area contributed by atoms with E-state index in [1.807, 2.05) is 54.6 Å². The van der Waals surface area contributed by atoms with Gasteiger partial charge in [0, 0.05) is 24.8 Å². The molecule has 3 aromatic rings. The fraction of sp³-hybridized carbons (Fsp3) is 0.261. The number of hydrogen-bond donors (Lipinski definition) is 1. The summed E-state index contributed by atoms with van der Waals surface area (Å²) < 4.78 is 6.90. The quantitative estimate of drug-likeness (QED) is 0.685. The molecule has 1 aliphatic heterocycles. The zero-order valence-electron chi connectivity index (χ0n) is 16.9. The molecule has 30 heavy (non-hydrogen) atoms. The van der Waals surface area contributed by atoms with Gasteiger partial charge in [-0.15, -0.1) is 0 Å². The molecule has 0 unspecified atom stereocenters. The Morgan fingerprint density at radius 1 is 1.03 bits per heavy atom. The van der Waals surface area contributed by atoms with Gasteiger partial charge in [-0.2, -0.15) is 5.10 Å². The molecular formula is C23H24N4O3. The number of amides is 2. The van der Waals surface area contributed by atoms with E-state index in [4.69, 9.17) is 4.74 Å². The van der Waals surface area contributed by atoms with Crippen LogP contribution in [0.2, 0.25) is 0 Å². The van der Waals surface area contributed by atoms with Gasteiger partial charge in [-0.05, 0) is 49.2 Å². The first-order valence-corrected chi connectivity index (χ1v) is 10.0. The first-order chi connectivity index (χ1) is 14.7. The summed E-state index contributed by atoms with van der Waals surface area (Å²) in [5.41, 5.74) is 2.60. The molecule has 2 amide bonds. The van der Waals surface area contributed by atoms with E-state index in [1.165, 1.54) is 0 Å². The van der Waals surface area contributed by atoms with E-state index in [0.29, 0.717) is 11.3 Å². The molecule has 1 N–H and O–H groups in total. The lowest BCUT2D eigenvalue weighted by atomic mass is 10.1. The predicted molar refractivity (Wildman–Crippen MR) is 114 cm³/mol. The zero-order chi connectivity index (χ0) is 20.9. The van der Waals surface area contributed by atoms with Crippen molar-refractivity contribution in [1.29, 1.82) is 0 Å². The Labute approximate surface area is 175 Å². The van der Waals surface area contributed by atoms with Gasteiger partial charge in [0.05, 0.1) is 24.9 Å². The molecule has 0 bridgehead atoms. The molecule has 0 saturated carbocycles. The number of nitrogens with zero attached hydrogens (tertiary/aromatic N) is 3. The van der Waals surface area contributed by atoms with E-state index < -0.39 is 0 Å². The predicted octanol–water partition coefficient (Wildman–Crippen LogP) is 2.90. The summed E-state index contributed by atoms with van der Waals surface area (Å²) in [5, 5.41) is 7.42. The Morgan fingerprint density at radius 2 is 1.73 bits per heavy atom. The standard InChI is InChI=1S/C23H24N4O3/c1-30-19-11-9-17(10-12-19)22-20(16-27(25-22)18-7-3-2-4-8-18)23(29)24-15-21(28)26-13-5-6-14-26/h2-4,7-12,16H,5-6,13-15H2,1H3,(H,24,29). The minimum atomic E-state index is -0.324. The van der Waals surface area contributed by atoms with Gasteiger partial charge in [-0.3, -0.25) is 9.59 Å². The third kappa shape index (κ3) is 4.20. The molecule has 2 aromatic carbocycles. The molecule has 4 rings (SSSR count). The molecule has 0 atom stereocenters. The number of likely N-dealkylation sites (tertiary alicyclic amines) is 1. The number of aromatic nitrogens is 2. The maximum Gasteiger partial charge on any atom is 0.255 e. The van der Waals surface area contributed by atoms with E-state index in [9.17, 15) is 9.59 Å². The highest BCUT2D eigenvalue weighted by Gasteiger charge is 2.22. The molecule has 0 spiro atoms. The van der Waals surface area contributed by atoms with Crippen molar-refractivity contribution in [2.75, 3.05) is 26.7 Å². The number of para-hydroxylation sites is 1. The Bertz CT molecular complexity index is 1020. The minimum absolute atomic E-state index is 0.0165. The Kier molecular flexibility index (Phi) is 5.79. The van der Waals surface area contributed by atoms with Crippen LogP contribution in [-0.2, 0) is 4.79 Å². The van der Waals surface area contributed by atoms with Crippen molar-refractivity contribution in [3.05, 3.63) is 66.4 Å². The third-order valence-electron chi connectivity index (χ3n) is 5.20. The lowest BCUT2D eigenvalue weighted by Gasteiger charge is -2.15. The summed E-state index contributed by atoms with van der Waals surface area (Å²) in [7, 11) is 1.61. The van der Waals surface area contributed by atoms with Crippen LogP contribution in [0.5, 0.6) is 5.75 Å². The van der Waals surface area contributed by atoms with Crippen LogP contribution < -0.4 is 10.1 Å². The second-order valence-corrected chi connectivity index (χ2v) is 7.17. The second-order valence-electron chi connectivity index (χ2n) is 7.17. The van der Waals surface area contributed by atoms with Crippen molar-refractivity contribution >= 4 is 11.8 Å². The van der Waals surface area contributed by atoms with Crippen LogP contribution in [0.3, 0.4) is 0 Å². The number of carbonyl (C=O) groups excluding carboxylic acids is 2. The highest BCUT2D eigenvalue weighted by Crippen LogP contribution is 2.26. The van der Waals surface area contributed by atoms with Gasteiger partial charge in [0.2, 0.25) is 5.91 Å². The van der Waals surface area contributed by atoms with Gasteiger partial charge in [0.25, 0.3) is 5.91 Å². The van der Waals surface area contributed by atoms with Crippen LogP contribution in [0, 0.1) is 0 Å². The van der Waals surface area contributed by atoms with Crippen LogP contribution in [0.25, 0.3) is 16.9 Å². The number of benzene rings is 2. The molecule has 1 aliphatic rings. The lowest BCUT2D eigenvalue weighted by Crippen LogP contribution is -2.38. The number of methoxy groups -OCH3 is 1. The van der Waals surface area contributed by atoms with Crippen molar-refractivity contribution in [3.8, 4) is 22.7 Å². The molecule has 0 aliphatic carbocycles. The van der Waals surface area contributed by atoms with Gasteiger partial charge in [0.15, 0.2) is 0 Å². The average Bonchev–Trinajstić information content (AvgIpc) is 3.48. The van der Waals surface area contributed by atoms with Crippen molar-refractivity contribution < 1.29 is 14.3 Å². The highest BCUT2D eigenvalue weighted by molar-refractivity contribution is 6.01. The first kappa shape index (κ1) is 19.7. The first-order valence-electron chi connectivity index (χ1n) is 10.0. The van der Waals surface area contributed by atoms with Crippen LogP contribution in [0.1, 0.15) is 23.2 Å². The summed E-state index contributed by atoms with van der Waals surface area (Å²) in [6.07, 6.45) is 3.74. The topological polar surface area (TPSA) is 76.5 Å². The molecule has 2 heterocycles. The number of hydrogen-bond acceptors (Lipinski definition) is 4. The monoisotopic (exact) mass is 404 g/mol. The van der Waals surface area contributed by atoms with E-state index in [0.717, 1.165) is 42.9 Å². The number of rotatable bonds is 6. The summed E-state index contributed by atoms with van der Waals surface area (Å²) in [6.45, 7) is 1.51. The van der Waals surface area contributed by atoms with E-state index in [1.54, 1.807) is 22.9 Å². The normalized spacial score (nSPS) is 13.3. The molecule has 7 nitrogen and oxygen atoms in total. The fourth-order valence-corrected chi connectivity index (χ4v) is 3.54. The van der Waals surface area contributed by atoms with Crippen molar-refractivity contribution in [2.24, 2.45) is 0 Å². The van der Waals surface area contributed by atoms with Gasteiger partial charge in [0.1, 0.15) is 11.4 Å². The molecule has 1 fully saturated rings. The maximum atomic E-state index is 13.0. The largest absolute Gasteiger partial charge is 0.497 e. The fourth-order valence-electron chi connectivity index (χ4n) is 3.54. The van der Waals surface area contributed by atoms with Crippen LogP contribution in [-0.4, -0.2) is 53.2 Å². The smallest absolute Gasteiger partial charge is 0.255 e. The third-order valence-corrected chi connectivity index (χ3v) is 5.20. The van der Waals surface area contributed by atoms with Crippen LogP contribution in [0.4, 0.5) is 0 Å². The zero-order valence-corrected chi connectivity index (χ0v) is 16.9. The number of ether oxygens (including phenoxy) is 1. The van der Waals surface area contributed by atoms with Gasteiger partial charge in [-0.25, -0.2) is 4.68 Å². The van der Waals surface area contributed by atoms with E-state index in [2.05, 4.69) is 10.4 Å². The number of nitrogens with one attached hydrogen (secondary N) is 1. The lowest BCUT2D eigenvalue weighted by molar-refractivity contribution is -0.129. The Hall–Kier alpha value is -3.61. The molecule has 1 saturated heterocycles. The maximum absolute atomic E-state index is 13.0. The van der Waals surface area contributed by atoms with E-state index >= 15 is 0 Å². The molecular weight excluding hydrogens is 380 g/mol. The van der Waals surface area contributed by atoms with Crippen LogP contribution in [0.15, 0.2) is 60.8 Å². The average molecular weight is 404 g/mol. The summed E-state index contributed by atoms with van der Waals surface area (Å²) in [5.74, 6) is 0.348. The molecule has 154 valence electrons. The van der Waals surface area contributed by atoms with Crippen molar-refractivity contribution in [3.63, 3.8) is 0 Å². The minimum Gasteiger partial charge on any atom is -0.497 e. The summed E-state index contributed by atoms with van der Waals surface area (Å²) in [4.78, 5) is 27.1. The number of carbonyl (C=O) groups is 2. The molecule has 1 aromatic heterocycles. The highest BCUT2D eigenvalue weighted by atomic mass is 16.5. The molecule has 7 heteroatoms. The Morgan fingerprint density at radius 3 is 2.40 bits per heavy atom. The van der Waals surface area contributed by atoms with Gasteiger partial charge in [-0.1, -0.05) is 18.2 Å². The van der Waals surface area contributed by atoms with Crippen molar-refractivity contribution in [2.45, 2.75) is 12.8 Å². The molecule has 0 radical (unpaired) electrons. The van der Waals surface area contributed by atoms with E-state index in [-0.39, 0.29) is 18.4 Å². The van der Waals surface area contributed by atoms with Crippen LogP contribution >= 0.6 is 0 Å². The van der Waals surface area contributed by atoms with Crippen molar-refractivity contribution in [1.82, 2.24) is 20.0 Å². The second kappa shape index (κ2) is 8.82. The SMILES string of the molecule is COc1ccc(-c2nn(-c3ccccc3)cc2C(=O)NCC(=O)N2CCCC2)cc1. The summed E-state index contributed by atoms with van der Waals surface area (Å²) in [6, 6.07) is 17.0. The summed E-state index contributed by atoms with van der Waals surface area (Å²) >= 11 is 0. The Balaban J connectivity index is 1.61. The van der Waals surface area contributed by atoms with Gasteiger partial charge < -0.3 is 15.0 Å². The van der Waals surface area contributed by atoms with Gasteiger partial charge >= 0.3 is 0 Å².